The molecule has 2 aliphatic rings. The molecule has 0 radical (unpaired) electrons. The Labute approximate surface area is 168 Å². The van der Waals surface area contributed by atoms with Crippen LogP contribution >= 0.6 is 0 Å². The fraction of sp³-hybridized carbons (Fsp3) is 0.364. The molecule has 1 aliphatic carbocycles. The Morgan fingerprint density at radius 2 is 2.07 bits per heavy atom. The molecule has 0 saturated heterocycles. The van der Waals surface area contributed by atoms with Crippen LogP contribution in [0.1, 0.15) is 29.8 Å². The molecule has 0 spiro atoms. The van der Waals surface area contributed by atoms with Crippen molar-refractivity contribution in [1.82, 2.24) is 0 Å². The first kappa shape index (κ1) is 20.7. The summed E-state index contributed by atoms with van der Waals surface area (Å²) >= 11 is 0. The molecule has 7 nitrogen and oxygen atoms in total. The first-order valence-corrected chi connectivity index (χ1v) is 9.23. The molecule has 3 atom stereocenters. The number of benzene rings is 1. The van der Waals surface area contributed by atoms with E-state index in [1.165, 1.54) is 32.2 Å². The highest BCUT2D eigenvalue weighted by Crippen LogP contribution is 2.38. The van der Waals surface area contributed by atoms with Gasteiger partial charge in [-0.25, -0.2) is 4.79 Å². The lowest BCUT2D eigenvalue weighted by Gasteiger charge is -2.41. The van der Waals surface area contributed by atoms with E-state index in [2.05, 4.69) is 0 Å². The number of ketones is 1. The number of fused-ring (bicyclic) bond motifs is 1. The number of aliphatic hydroxyl groups excluding tert-OH is 1. The molecular formula is C22H24O7. The van der Waals surface area contributed by atoms with Gasteiger partial charge in [-0.05, 0) is 56.2 Å². The second kappa shape index (κ2) is 7.75. The Balaban J connectivity index is 1.94. The van der Waals surface area contributed by atoms with Crippen LogP contribution < -0.4 is 4.74 Å². The number of carbonyl (C=O) groups excluding carboxylic acids is 2. The molecule has 2 N–H and O–H groups in total. The Bertz CT molecular complexity index is 941. The number of esters is 1. The molecule has 0 fully saturated rings. The molecule has 1 aliphatic heterocycles. The molecule has 1 heterocycles. The average Bonchev–Trinajstić information content (AvgIpc) is 2.66. The highest BCUT2D eigenvalue weighted by molar-refractivity contribution is 6.03. The third-order valence-electron chi connectivity index (χ3n) is 5.24. The van der Waals surface area contributed by atoms with Gasteiger partial charge in [-0.2, -0.15) is 0 Å². The van der Waals surface area contributed by atoms with Crippen LogP contribution in [0.15, 0.2) is 47.8 Å². The molecule has 0 bridgehead atoms. The molecule has 0 saturated carbocycles. The summed E-state index contributed by atoms with van der Waals surface area (Å²) in [5.41, 5.74) is -0.648. The molecule has 29 heavy (non-hydrogen) atoms. The first-order valence-electron chi connectivity index (χ1n) is 9.23. The van der Waals surface area contributed by atoms with E-state index < -0.39 is 29.4 Å². The maximum atomic E-state index is 12.9. The van der Waals surface area contributed by atoms with Gasteiger partial charge in [-0.3, -0.25) is 4.79 Å². The molecule has 0 aromatic heterocycles. The Hall–Kier alpha value is -3.06. The third kappa shape index (κ3) is 3.65. The third-order valence-corrected chi connectivity index (χ3v) is 5.24. The van der Waals surface area contributed by atoms with Crippen LogP contribution in [-0.4, -0.2) is 47.4 Å². The summed E-state index contributed by atoms with van der Waals surface area (Å²) in [6, 6.07) is 2.67. The summed E-state index contributed by atoms with van der Waals surface area (Å²) < 4.78 is 16.3. The largest absolute Gasteiger partial charge is 0.508 e. The van der Waals surface area contributed by atoms with Crippen LogP contribution in [0.2, 0.25) is 0 Å². The maximum absolute atomic E-state index is 12.9. The summed E-state index contributed by atoms with van der Waals surface area (Å²) in [6.07, 6.45) is 5.38. The molecular weight excluding hydrogens is 376 g/mol. The molecule has 7 heteroatoms. The van der Waals surface area contributed by atoms with Crippen LogP contribution in [-0.2, 0) is 14.3 Å². The van der Waals surface area contributed by atoms with E-state index in [-0.39, 0.29) is 23.7 Å². The number of methoxy groups -OCH3 is 1. The number of hydrogen-bond donors (Lipinski definition) is 2. The van der Waals surface area contributed by atoms with Gasteiger partial charge in [0.25, 0.3) is 0 Å². The number of rotatable bonds is 4. The van der Waals surface area contributed by atoms with Crippen molar-refractivity contribution in [3.05, 3.63) is 58.9 Å². The quantitative estimate of drug-likeness (QED) is 0.749. The summed E-state index contributed by atoms with van der Waals surface area (Å²) in [7, 11) is 1.36. The highest BCUT2D eigenvalue weighted by atomic mass is 16.6. The van der Waals surface area contributed by atoms with E-state index in [0.29, 0.717) is 16.9 Å². The molecule has 3 rings (SSSR count). The number of phenols is 1. The Morgan fingerprint density at radius 1 is 1.34 bits per heavy atom. The van der Waals surface area contributed by atoms with Gasteiger partial charge in [-0.1, -0.05) is 6.08 Å². The number of carbonyl (C=O) groups is 2. The lowest BCUT2D eigenvalue weighted by atomic mass is 9.74. The minimum absolute atomic E-state index is 0.0634. The lowest BCUT2D eigenvalue weighted by molar-refractivity contribution is -0.152. The number of aromatic hydroxyl groups is 1. The van der Waals surface area contributed by atoms with Gasteiger partial charge >= 0.3 is 5.97 Å². The normalized spacial score (nSPS) is 26.3. The van der Waals surface area contributed by atoms with Crippen molar-refractivity contribution in [2.75, 3.05) is 13.7 Å². The fourth-order valence-corrected chi connectivity index (χ4v) is 3.62. The summed E-state index contributed by atoms with van der Waals surface area (Å²) in [5, 5.41) is 20.6. The lowest BCUT2D eigenvalue weighted by Crippen LogP contribution is -2.57. The second-order valence-electron chi connectivity index (χ2n) is 7.25. The molecule has 1 aromatic rings. The van der Waals surface area contributed by atoms with Crippen molar-refractivity contribution >= 4 is 11.8 Å². The summed E-state index contributed by atoms with van der Waals surface area (Å²) in [5.74, 6) is -1.20. The van der Waals surface area contributed by atoms with Gasteiger partial charge in [0.15, 0.2) is 5.60 Å². The zero-order valence-corrected chi connectivity index (χ0v) is 16.8. The van der Waals surface area contributed by atoms with Crippen LogP contribution in [0.5, 0.6) is 11.5 Å². The summed E-state index contributed by atoms with van der Waals surface area (Å²) in [4.78, 5) is 25.7. The summed E-state index contributed by atoms with van der Waals surface area (Å²) in [6.45, 7) is 5.01. The SMILES string of the molecule is C/C=C/C1=CC2=CC(=O)[C@](C)(OC(=O)c3c(C)cc(O)cc3OC)[C@@H](O)[C@@H]2CO1. The molecule has 0 amide bonds. The van der Waals surface area contributed by atoms with E-state index in [1.54, 1.807) is 19.1 Å². The van der Waals surface area contributed by atoms with Gasteiger partial charge in [0.2, 0.25) is 5.78 Å². The van der Waals surface area contributed by atoms with Crippen molar-refractivity contribution in [3.63, 3.8) is 0 Å². The van der Waals surface area contributed by atoms with Gasteiger partial charge in [0, 0.05) is 12.0 Å². The minimum Gasteiger partial charge on any atom is -0.508 e. The predicted molar refractivity (Wildman–Crippen MR) is 105 cm³/mol. The molecule has 154 valence electrons. The van der Waals surface area contributed by atoms with Gasteiger partial charge in [-0.15, -0.1) is 0 Å². The van der Waals surface area contributed by atoms with E-state index in [1.807, 2.05) is 13.0 Å². The average molecular weight is 400 g/mol. The number of ether oxygens (including phenoxy) is 3. The van der Waals surface area contributed by atoms with Crippen molar-refractivity contribution in [2.24, 2.45) is 5.92 Å². The number of allylic oxidation sites excluding steroid dienone is 3. The molecule has 1 aromatic carbocycles. The minimum atomic E-state index is -1.78. The number of aryl methyl sites for hydroxylation is 1. The van der Waals surface area contributed by atoms with Crippen LogP contribution in [0.25, 0.3) is 0 Å². The van der Waals surface area contributed by atoms with E-state index in [9.17, 15) is 19.8 Å². The van der Waals surface area contributed by atoms with Crippen molar-refractivity contribution in [3.8, 4) is 11.5 Å². The van der Waals surface area contributed by atoms with Gasteiger partial charge in [0.05, 0.1) is 13.7 Å². The van der Waals surface area contributed by atoms with Crippen LogP contribution in [0.4, 0.5) is 0 Å². The monoisotopic (exact) mass is 400 g/mol. The van der Waals surface area contributed by atoms with Crippen molar-refractivity contribution < 1.29 is 34.0 Å². The number of hydrogen-bond acceptors (Lipinski definition) is 7. The highest BCUT2D eigenvalue weighted by Gasteiger charge is 2.52. The van der Waals surface area contributed by atoms with E-state index >= 15 is 0 Å². The smallest absolute Gasteiger partial charge is 0.343 e. The topological polar surface area (TPSA) is 102 Å². The Kier molecular flexibility index (Phi) is 5.53. The standard InChI is InChI=1S/C22H24O7/c1-5-6-15-8-13-9-18(24)22(3,20(25)16(13)11-28-15)29-21(26)19-12(2)7-14(23)10-17(19)27-4/h5-10,16,20,23,25H,11H2,1-4H3/b6-5+/t16-,20+,22+/m1/s1. The zero-order valence-electron chi connectivity index (χ0n) is 16.8. The van der Waals surface area contributed by atoms with E-state index in [0.717, 1.165) is 0 Å². The van der Waals surface area contributed by atoms with Crippen LogP contribution in [0, 0.1) is 12.8 Å². The Morgan fingerprint density at radius 3 is 2.72 bits per heavy atom. The number of aliphatic hydroxyl groups is 1. The fourth-order valence-electron chi connectivity index (χ4n) is 3.62. The molecule has 0 unspecified atom stereocenters. The second-order valence-corrected chi connectivity index (χ2v) is 7.25. The number of phenolic OH excluding ortho intramolecular Hbond substituents is 1. The maximum Gasteiger partial charge on any atom is 0.343 e. The van der Waals surface area contributed by atoms with E-state index in [4.69, 9.17) is 14.2 Å². The van der Waals surface area contributed by atoms with Crippen LogP contribution in [0.3, 0.4) is 0 Å². The van der Waals surface area contributed by atoms with Gasteiger partial charge < -0.3 is 24.4 Å². The van der Waals surface area contributed by atoms with Crippen molar-refractivity contribution in [2.45, 2.75) is 32.5 Å². The van der Waals surface area contributed by atoms with Crippen molar-refractivity contribution in [1.29, 1.82) is 0 Å². The zero-order chi connectivity index (χ0) is 21.3. The predicted octanol–water partition coefficient (Wildman–Crippen LogP) is 2.60. The first-order chi connectivity index (χ1) is 13.7. The van der Waals surface area contributed by atoms with Gasteiger partial charge in [0.1, 0.15) is 28.9 Å².